The number of nitrogens with zero attached hydrogens (tertiary/aromatic N) is 1. The molecule has 3 nitrogen and oxygen atoms in total. The summed E-state index contributed by atoms with van der Waals surface area (Å²) in [6, 6.07) is 1.91. The van der Waals surface area contributed by atoms with Gasteiger partial charge in [0.15, 0.2) is 0 Å². The smallest absolute Gasteiger partial charge is 0.266 e. The van der Waals surface area contributed by atoms with Crippen LogP contribution < -0.4 is 5.32 Å². The average Bonchev–Trinajstić information content (AvgIpc) is 2.40. The van der Waals surface area contributed by atoms with Crippen LogP contribution in [0.3, 0.4) is 0 Å². The average molecular weight is 162 g/mol. The Kier molecular flexibility index (Phi) is 2.29. The van der Waals surface area contributed by atoms with E-state index >= 15 is 0 Å². The van der Waals surface area contributed by atoms with Crippen LogP contribution in [0.2, 0.25) is 0 Å². The molecule has 1 amide bonds. The Morgan fingerprint density at radius 3 is 2.75 bits per heavy atom. The fourth-order valence-electron chi connectivity index (χ4n) is 1.26. The minimum atomic E-state index is -0.276. The Hall–Kier alpha value is -1.56. The predicted molar refractivity (Wildman–Crippen MR) is 44.8 cm³/mol. The maximum atomic E-state index is 11.1. The molecule has 0 aliphatic carbocycles. The molecule has 0 fully saturated rings. The molecule has 0 unspecified atom stereocenters. The summed E-state index contributed by atoms with van der Waals surface area (Å²) < 4.78 is 0. The maximum absolute atomic E-state index is 11.1. The number of amides is 1. The highest BCUT2D eigenvalue weighted by molar-refractivity contribution is 6.03. The molecule has 0 aromatic carbocycles. The van der Waals surface area contributed by atoms with Gasteiger partial charge in [0.2, 0.25) is 0 Å². The van der Waals surface area contributed by atoms with Crippen LogP contribution in [0.25, 0.3) is 0 Å². The Balaban J connectivity index is 3.19. The highest BCUT2D eigenvalue weighted by atomic mass is 16.1. The Labute approximate surface area is 71.4 Å². The standard InChI is InChI=1S/C9H10N2O/c1-3-6-7(5-10)9(12)11-8(6)4-2/h4H,3H2,1-2H3,(H,11,12)/b8-4+. The van der Waals surface area contributed by atoms with Gasteiger partial charge < -0.3 is 5.32 Å². The summed E-state index contributed by atoms with van der Waals surface area (Å²) in [6.45, 7) is 3.77. The fraction of sp³-hybridized carbons (Fsp3) is 0.333. The number of hydrogen-bond acceptors (Lipinski definition) is 2. The van der Waals surface area contributed by atoms with Gasteiger partial charge in [0.25, 0.3) is 5.91 Å². The van der Waals surface area contributed by atoms with Crippen molar-refractivity contribution < 1.29 is 4.79 Å². The molecule has 12 heavy (non-hydrogen) atoms. The largest absolute Gasteiger partial charge is 0.321 e. The zero-order chi connectivity index (χ0) is 9.14. The number of carbonyl (C=O) groups is 1. The van der Waals surface area contributed by atoms with Gasteiger partial charge in [0.05, 0.1) is 0 Å². The van der Waals surface area contributed by atoms with Crippen molar-refractivity contribution in [2.24, 2.45) is 0 Å². The summed E-state index contributed by atoms with van der Waals surface area (Å²) in [6.07, 6.45) is 2.52. The van der Waals surface area contributed by atoms with E-state index in [9.17, 15) is 4.79 Å². The van der Waals surface area contributed by atoms with Crippen LogP contribution in [0, 0.1) is 11.3 Å². The first kappa shape index (κ1) is 8.54. The molecule has 0 aromatic heterocycles. The van der Waals surface area contributed by atoms with Crippen molar-refractivity contribution >= 4 is 5.91 Å². The number of rotatable bonds is 1. The van der Waals surface area contributed by atoms with Crippen LogP contribution in [0.5, 0.6) is 0 Å². The minimum Gasteiger partial charge on any atom is -0.321 e. The summed E-state index contributed by atoms with van der Waals surface area (Å²) >= 11 is 0. The number of hydrogen-bond donors (Lipinski definition) is 1. The third-order valence-electron chi connectivity index (χ3n) is 1.86. The normalized spacial score (nSPS) is 19.8. The Morgan fingerprint density at radius 2 is 2.33 bits per heavy atom. The van der Waals surface area contributed by atoms with Crippen LogP contribution in [0.4, 0.5) is 0 Å². The fourth-order valence-corrected chi connectivity index (χ4v) is 1.26. The van der Waals surface area contributed by atoms with Crippen molar-refractivity contribution in [2.45, 2.75) is 20.3 Å². The van der Waals surface area contributed by atoms with Crippen LogP contribution in [0.1, 0.15) is 20.3 Å². The molecule has 1 rings (SSSR count). The molecule has 0 atom stereocenters. The molecule has 62 valence electrons. The second-order valence-electron chi connectivity index (χ2n) is 2.48. The number of nitriles is 1. The van der Waals surface area contributed by atoms with Crippen molar-refractivity contribution in [1.82, 2.24) is 5.32 Å². The van der Waals surface area contributed by atoms with E-state index < -0.39 is 0 Å². The molecular weight excluding hydrogens is 152 g/mol. The van der Waals surface area contributed by atoms with Gasteiger partial charge in [-0.1, -0.05) is 13.0 Å². The molecule has 1 aliphatic heterocycles. The molecule has 0 aromatic rings. The first-order chi connectivity index (χ1) is 5.74. The van der Waals surface area contributed by atoms with E-state index in [2.05, 4.69) is 5.32 Å². The van der Waals surface area contributed by atoms with E-state index in [4.69, 9.17) is 5.26 Å². The SMILES string of the molecule is C/C=C1/NC(=O)C(C#N)=C1CC. The molecule has 1 heterocycles. The molecule has 0 saturated heterocycles. The van der Waals surface area contributed by atoms with E-state index in [1.807, 2.05) is 19.9 Å². The van der Waals surface area contributed by atoms with Crippen molar-refractivity contribution in [3.8, 4) is 6.07 Å². The number of carbonyl (C=O) groups excluding carboxylic acids is 1. The molecule has 3 heteroatoms. The second-order valence-corrected chi connectivity index (χ2v) is 2.48. The van der Waals surface area contributed by atoms with Crippen molar-refractivity contribution in [3.63, 3.8) is 0 Å². The van der Waals surface area contributed by atoms with Crippen LogP contribution in [0.15, 0.2) is 22.9 Å². The third-order valence-corrected chi connectivity index (χ3v) is 1.86. The van der Waals surface area contributed by atoms with Crippen LogP contribution in [-0.2, 0) is 4.79 Å². The maximum Gasteiger partial charge on any atom is 0.266 e. The first-order valence-electron chi connectivity index (χ1n) is 3.85. The topological polar surface area (TPSA) is 52.9 Å². The summed E-state index contributed by atoms with van der Waals surface area (Å²) in [5, 5.41) is 11.3. The molecule has 1 aliphatic rings. The number of allylic oxidation sites excluding steroid dienone is 2. The molecular formula is C9H10N2O. The lowest BCUT2D eigenvalue weighted by Gasteiger charge is -1.98. The van der Waals surface area contributed by atoms with Crippen LogP contribution >= 0.6 is 0 Å². The highest BCUT2D eigenvalue weighted by Gasteiger charge is 2.24. The van der Waals surface area contributed by atoms with Gasteiger partial charge in [-0.25, -0.2) is 0 Å². The van der Waals surface area contributed by atoms with Gasteiger partial charge in [0.1, 0.15) is 11.6 Å². The van der Waals surface area contributed by atoms with Gasteiger partial charge in [-0.15, -0.1) is 0 Å². The van der Waals surface area contributed by atoms with Gasteiger partial charge in [-0.3, -0.25) is 4.79 Å². The van der Waals surface area contributed by atoms with Gasteiger partial charge >= 0.3 is 0 Å². The lowest BCUT2D eigenvalue weighted by atomic mass is 10.1. The van der Waals surface area contributed by atoms with Crippen molar-refractivity contribution in [2.75, 3.05) is 0 Å². The van der Waals surface area contributed by atoms with E-state index in [0.29, 0.717) is 6.42 Å². The molecule has 0 bridgehead atoms. The van der Waals surface area contributed by atoms with Crippen molar-refractivity contribution in [3.05, 3.63) is 22.9 Å². The minimum absolute atomic E-state index is 0.255. The number of nitrogens with one attached hydrogen (secondary N) is 1. The predicted octanol–water partition coefficient (Wildman–Crippen LogP) is 1.25. The van der Waals surface area contributed by atoms with E-state index in [-0.39, 0.29) is 11.5 Å². The second kappa shape index (κ2) is 3.22. The molecule has 0 radical (unpaired) electrons. The van der Waals surface area contributed by atoms with E-state index in [1.165, 1.54) is 0 Å². The first-order valence-corrected chi connectivity index (χ1v) is 3.85. The quantitative estimate of drug-likeness (QED) is 0.630. The lowest BCUT2D eigenvalue weighted by Crippen LogP contribution is -2.15. The summed E-state index contributed by atoms with van der Waals surface area (Å²) in [5.41, 5.74) is 1.86. The Morgan fingerprint density at radius 1 is 1.67 bits per heavy atom. The van der Waals surface area contributed by atoms with Gasteiger partial charge in [-0.2, -0.15) is 5.26 Å². The summed E-state index contributed by atoms with van der Waals surface area (Å²) in [5.74, 6) is -0.276. The van der Waals surface area contributed by atoms with E-state index in [0.717, 1.165) is 11.3 Å². The van der Waals surface area contributed by atoms with E-state index in [1.54, 1.807) is 6.08 Å². The van der Waals surface area contributed by atoms with Gasteiger partial charge in [0, 0.05) is 5.70 Å². The zero-order valence-corrected chi connectivity index (χ0v) is 7.14. The summed E-state index contributed by atoms with van der Waals surface area (Å²) in [4.78, 5) is 11.1. The van der Waals surface area contributed by atoms with Gasteiger partial charge in [-0.05, 0) is 18.9 Å². The third kappa shape index (κ3) is 1.12. The Bertz CT molecular complexity index is 318. The molecule has 1 N–H and O–H groups in total. The van der Waals surface area contributed by atoms with Crippen molar-refractivity contribution in [1.29, 1.82) is 5.26 Å². The molecule has 0 spiro atoms. The molecule has 0 saturated carbocycles. The monoisotopic (exact) mass is 162 g/mol. The highest BCUT2D eigenvalue weighted by Crippen LogP contribution is 2.22. The lowest BCUT2D eigenvalue weighted by molar-refractivity contribution is -0.115. The zero-order valence-electron chi connectivity index (χ0n) is 7.14. The van der Waals surface area contributed by atoms with Crippen LogP contribution in [-0.4, -0.2) is 5.91 Å². The summed E-state index contributed by atoms with van der Waals surface area (Å²) in [7, 11) is 0.